The van der Waals surface area contributed by atoms with Gasteiger partial charge in [-0.25, -0.2) is 4.98 Å². The van der Waals surface area contributed by atoms with Gasteiger partial charge in [0, 0.05) is 18.1 Å². The molecule has 1 amide bonds. The van der Waals surface area contributed by atoms with Crippen molar-refractivity contribution in [1.82, 2.24) is 24.7 Å². The van der Waals surface area contributed by atoms with Crippen molar-refractivity contribution in [1.29, 1.82) is 0 Å². The van der Waals surface area contributed by atoms with Crippen molar-refractivity contribution in [2.24, 2.45) is 0 Å². The molecule has 0 saturated carbocycles. The lowest BCUT2D eigenvalue weighted by Crippen LogP contribution is -2.15. The third kappa shape index (κ3) is 4.31. The second-order valence-corrected chi connectivity index (χ2v) is 7.05. The first-order valence-corrected chi connectivity index (χ1v) is 10.1. The minimum atomic E-state index is -0.173. The summed E-state index contributed by atoms with van der Waals surface area (Å²) in [6.07, 6.45) is 4.84. The summed E-state index contributed by atoms with van der Waals surface area (Å²) < 4.78 is 7.14. The van der Waals surface area contributed by atoms with Crippen LogP contribution < -0.4 is 10.1 Å². The summed E-state index contributed by atoms with van der Waals surface area (Å²) in [7, 11) is 1.57. The monoisotopic (exact) mass is 418 g/mol. The maximum Gasteiger partial charge on any atom is 0.234 e. The van der Waals surface area contributed by atoms with Gasteiger partial charge in [0.2, 0.25) is 5.91 Å². The van der Waals surface area contributed by atoms with Crippen molar-refractivity contribution >= 4 is 23.4 Å². The predicted molar refractivity (Wildman–Crippen MR) is 115 cm³/mol. The van der Waals surface area contributed by atoms with E-state index in [1.54, 1.807) is 37.8 Å². The van der Waals surface area contributed by atoms with Crippen LogP contribution in [0.1, 0.15) is 0 Å². The highest BCUT2D eigenvalue weighted by Gasteiger charge is 2.18. The minimum absolute atomic E-state index is 0.156. The fourth-order valence-electron chi connectivity index (χ4n) is 2.82. The molecule has 0 bridgehead atoms. The van der Waals surface area contributed by atoms with Crippen molar-refractivity contribution in [2.75, 3.05) is 18.2 Å². The summed E-state index contributed by atoms with van der Waals surface area (Å²) in [5, 5.41) is 12.0. The molecule has 2 aromatic heterocycles. The standard InChI is InChI=1S/C21H18N6O2S/c1-29-18-10-6-5-9-16(18)24-19(28)14-30-21-26-25-20(17-13-22-11-12-23-17)27(21)15-7-3-2-4-8-15/h2-13H,14H2,1H3,(H,24,28). The number of nitrogens with one attached hydrogen (secondary N) is 1. The van der Waals surface area contributed by atoms with Gasteiger partial charge in [0.25, 0.3) is 0 Å². The first-order valence-electron chi connectivity index (χ1n) is 9.09. The maximum atomic E-state index is 12.5. The third-order valence-electron chi connectivity index (χ3n) is 4.15. The van der Waals surface area contributed by atoms with Crippen molar-refractivity contribution in [3.8, 4) is 23.0 Å². The highest BCUT2D eigenvalue weighted by atomic mass is 32.2. The van der Waals surface area contributed by atoms with Crippen LogP contribution in [0.25, 0.3) is 17.2 Å². The first-order chi connectivity index (χ1) is 14.8. The van der Waals surface area contributed by atoms with Crippen LogP contribution >= 0.6 is 11.8 Å². The van der Waals surface area contributed by atoms with Crippen LogP contribution in [0.15, 0.2) is 78.3 Å². The van der Waals surface area contributed by atoms with Gasteiger partial charge >= 0.3 is 0 Å². The van der Waals surface area contributed by atoms with E-state index in [1.165, 1.54) is 11.8 Å². The topological polar surface area (TPSA) is 94.8 Å². The number of nitrogens with zero attached hydrogens (tertiary/aromatic N) is 5. The summed E-state index contributed by atoms with van der Waals surface area (Å²) in [6, 6.07) is 17.0. The van der Waals surface area contributed by atoms with E-state index in [4.69, 9.17) is 4.74 Å². The molecule has 0 fully saturated rings. The fraction of sp³-hybridized carbons (Fsp3) is 0.0952. The van der Waals surface area contributed by atoms with E-state index in [0.29, 0.717) is 28.1 Å². The molecule has 0 spiro atoms. The predicted octanol–water partition coefficient (Wildman–Crippen LogP) is 3.46. The molecule has 0 unspecified atom stereocenters. The van der Waals surface area contributed by atoms with E-state index in [1.807, 2.05) is 47.0 Å². The minimum Gasteiger partial charge on any atom is -0.495 e. The van der Waals surface area contributed by atoms with Gasteiger partial charge < -0.3 is 10.1 Å². The number of benzene rings is 2. The molecule has 9 heteroatoms. The van der Waals surface area contributed by atoms with Gasteiger partial charge in [0.15, 0.2) is 11.0 Å². The molecule has 150 valence electrons. The van der Waals surface area contributed by atoms with Gasteiger partial charge in [0.1, 0.15) is 11.4 Å². The van der Waals surface area contributed by atoms with E-state index in [0.717, 1.165) is 5.69 Å². The van der Waals surface area contributed by atoms with E-state index in [2.05, 4.69) is 25.5 Å². The molecular formula is C21H18N6O2S. The highest BCUT2D eigenvalue weighted by Crippen LogP contribution is 2.27. The SMILES string of the molecule is COc1ccccc1NC(=O)CSc1nnc(-c2cnccn2)n1-c1ccccc1. The molecule has 0 aliphatic carbocycles. The molecule has 1 N–H and O–H groups in total. The van der Waals surface area contributed by atoms with Crippen LogP contribution in [-0.4, -0.2) is 43.5 Å². The van der Waals surface area contributed by atoms with Gasteiger partial charge in [-0.05, 0) is 24.3 Å². The van der Waals surface area contributed by atoms with Crippen LogP contribution in [0.3, 0.4) is 0 Å². The zero-order valence-corrected chi connectivity index (χ0v) is 16.9. The molecule has 4 aromatic rings. The van der Waals surface area contributed by atoms with Crippen molar-refractivity contribution < 1.29 is 9.53 Å². The Bertz CT molecular complexity index is 1130. The summed E-state index contributed by atoms with van der Waals surface area (Å²) in [5.41, 5.74) is 2.09. The molecule has 0 radical (unpaired) electrons. The normalized spacial score (nSPS) is 10.6. The van der Waals surface area contributed by atoms with Gasteiger partial charge in [-0.3, -0.25) is 14.3 Å². The highest BCUT2D eigenvalue weighted by molar-refractivity contribution is 7.99. The van der Waals surface area contributed by atoms with Crippen LogP contribution in [0.5, 0.6) is 5.75 Å². The molecule has 0 aliphatic rings. The maximum absolute atomic E-state index is 12.5. The van der Waals surface area contributed by atoms with Gasteiger partial charge in [-0.1, -0.05) is 42.1 Å². The van der Waals surface area contributed by atoms with Crippen molar-refractivity contribution in [2.45, 2.75) is 5.16 Å². The van der Waals surface area contributed by atoms with E-state index < -0.39 is 0 Å². The Kier molecular flexibility index (Phi) is 6.00. The molecule has 0 saturated heterocycles. The lowest BCUT2D eigenvalue weighted by atomic mass is 10.3. The number of rotatable bonds is 7. The largest absolute Gasteiger partial charge is 0.495 e. The summed E-state index contributed by atoms with van der Waals surface area (Å²) in [6.45, 7) is 0. The Morgan fingerprint density at radius 1 is 1.07 bits per heavy atom. The number of amides is 1. The first kappa shape index (κ1) is 19.6. The lowest BCUT2D eigenvalue weighted by molar-refractivity contribution is -0.113. The Labute approximate surface area is 177 Å². The lowest BCUT2D eigenvalue weighted by Gasteiger charge is -2.11. The molecule has 2 aromatic carbocycles. The number of carbonyl (C=O) groups excluding carboxylic acids is 1. The van der Waals surface area contributed by atoms with Crippen LogP contribution in [0.2, 0.25) is 0 Å². The smallest absolute Gasteiger partial charge is 0.234 e. The Hall–Kier alpha value is -3.72. The molecule has 8 nitrogen and oxygen atoms in total. The average Bonchev–Trinajstić information content (AvgIpc) is 3.23. The average molecular weight is 418 g/mol. The number of hydrogen-bond donors (Lipinski definition) is 1. The summed E-state index contributed by atoms with van der Waals surface area (Å²) >= 11 is 1.29. The Morgan fingerprint density at radius 2 is 1.87 bits per heavy atom. The van der Waals surface area contributed by atoms with Gasteiger partial charge in [0.05, 0.1) is 24.7 Å². The number of aromatic nitrogens is 5. The molecule has 4 rings (SSSR count). The van der Waals surface area contributed by atoms with Crippen molar-refractivity contribution in [3.63, 3.8) is 0 Å². The summed E-state index contributed by atoms with van der Waals surface area (Å²) in [4.78, 5) is 21.0. The molecule has 0 aliphatic heterocycles. The quantitative estimate of drug-likeness (QED) is 0.459. The molecular weight excluding hydrogens is 400 g/mol. The Morgan fingerprint density at radius 3 is 2.63 bits per heavy atom. The number of carbonyl (C=O) groups is 1. The van der Waals surface area contributed by atoms with Crippen LogP contribution in [-0.2, 0) is 4.79 Å². The van der Waals surface area contributed by atoms with Gasteiger partial charge in [-0.2, -0.15) is 0 Å². The zero-order chi connectivity index (χ0) is 20.8. The van der Waals surface area contributed by atoms with E-state index in [-0.39, 0.29) is 11.7 Å². The number of thioether (sulfide) groups is 1. The van der Waals surface area contributed by atoms with E-state index >= 15 is 0 Å². The van der Waals surface area contributed by atoms with Crippen LogP contribution in [0, 0.1) is 0 Å². The van der Waals surface area contributed by atoms with Crippen molar-refractivity contribution in [3.05, 3.63) is 73.2 Å². The molecule has 2 heterocycles. The summed E-state index contributed by atoms with van der Waals surface area (Å²) in [5.74, 6) is 1.15. The Balaban J connectivity index is 1.57. The fourth-order valence-corrected chi connectivity index (χ4v) is 3.57. The number of methoxy groups -OCH3 is 1. The number of para-hydroxylation sites is 3. The van der Waals surface area contributed by atoms with E-state index in [9.17, 15) is 4.79 Å². The number of anilines is 1. The number of hydrogen-bond acceptors (Lipinski definition) is 7. The zero-order valence-electron chi connectivity index (χ0n) is 16.1. The third-order valence-corrected chi connectivity index (χ3v) is 5.08. The second kappa shape index (κ2) is 9.19. The number of ether oxygens (including phenoxy) is 1. The van der Waals surface area contributed by atoms with Gasteiger partial charge in [-0.15, -0.1) is 10.2 Å². The second-order valence-electron chi connectivity index (χ2n) is 6.10. The molecule has 0 atom stereocenters. The van der Waals surface area contributed by atoms with Crippen LogP contribution in [0.4, 0.5) is 5.69 Å². The molecule has 30 heavy (non-hydrogen) atoms.